The van der Waals surface area contributed by atoms with E-state index >= 15 is 0 Å². The van der Waals surface area contributed by atoms with Crippen molar-refractivity contribution < 1.29 is 19.1 Å². The number of amides is 1. The van der Waals surface area contributed by atoms with Crippen LogP contribution in [0, 0.1) is 0 Å². The predicted octanol–water partition coefficient (Wildman–Crippen LogP) is -0.368. The zero-order valence-electron chi connectivity index (χ0n) is 11.0. The highest BCUT2D eigenvalue weighted by molar-refractivity contribution is 5.81. The lowest BCUT2D eigenvalue weighted by Gasteiger charge is -2.27. The van der Waals surface area contributed by atoms with Gasteiger partial charge in [0.25, 0.3) is 0 Å². The standard InChI is InChI=1S/C11H22N2O4/c1-9(11(15)12-2)13(7-8-16-3)6-5-10(14)17-4/h9H,5-8H2,1-4H3,(H,12,15). The zero-order valence-corrected chi connectivity index (χ0v) is 11.0. The molecule has 6 heteroatoms. The molecule has 0 aromatic heterocycles. The molecule has 0 saturated carbocycles. The molecule has 1 atom stereocenters. The van der Waals surface area contributed by atoms with E-state index < -0.39 is 0 Å². The molecule has 0 aliphatic heterocycles. The van der Waals surface area contributed by atoms with E-state index in [1.54, 1.807) is 21.1 Å². The maximum absolute atomic E-state index is 11.5. The number of rotatable bonds is 8. The van der Waals surface area contributed by atoms with Crippen LogP contribution in [0.3, 0.4) is 0 Å². The van der Waals surface area contributed by atoms with Gasteiger partial charge in [0.15, 0.2) is 0 Å². The third-order valence-corrected chi connectivity index (χ3v) is 2.59. The number of carbonyl (C=O) groups excluding carboxylic acids is 2. The first-order valence-electron chi connectivity index (χ1n) is 5.58. The molecular formula is C11H22N2O4. The summed E-state index contributed by atoms with van der Waals surface area (Å²) in [6, 6.07) is -0.292. The Morgan fingerprint density at radius 1 is 1.29 bits per heavy atom. The van der Waals surface area contributed by atoms with Gasteiger partial charge < -0.3 is 14.8 Å². The Kier molecular flexibility index (Phi) is 8.35. The summed E-state index contributed by atoms with van der Waals surface area (Å²) in [7, 11) is 4.54. The molecule has 0 rings (SSSR count). The summed E-state index contributed by atoms with van der Waals surface area (Å²) in [4.78, 5) is 24.5. The highest BCUT2D eigenvalue weighted by Crippen LogP contribution is 2.01. The van der Waals surface area contributed by atoms with Crippen molar-refractivity contribution in [2.45, 2.75) is 19.4 Å². The molecule has 0 bridgehead atoms. The maximum Gasteiger partial charge on any atom is 0.306 e. The van der Waals surface area contributed by atoms with Gasteiger partial charge in [-0.2, -0.15) is 0 Å². The number of nitrogens with zero attached hydrogens (tertiary/aromatic N) is 1. The van der Waals surface area contributed by atoms with Crippen LogP contribution in [-0.4, -0.2) is 63.8 Å². The minimum absolute atomic E-state index is 0.0778. The summed E-state index contributed by atoms with van der Waals surface area (Å²) in [5.74, 6) is -0.359. The summed E-state index contributed by atoms with van der Waals surface area (Å²) in [6.07, 6.45) is 0.265. The van der Waals surface area contributed by atoms with Gasteiger partial charge in [-0.15, -0.1) is 0 Å². The van der Waals surface area contributed by atoms with Crippen molar-refractivity contribution in [3.63, 3.8) is 0 Å². The van der Waals surface area contributed by atoms with E-state index in [9.17, 15) is 9.59 Å². The number of esters is 1. The molecule has 1 unspecified atom stereocenters. The molecule has 100 valence electrons. The molecule has 0 saturated heterocycles. The summed E-state index contributed by atoms with van der Waals surface area (Å²) in [5, 5.41) is 2.59. The number of methoxy groups -OCH3 is 2. The first kappa shape index (κ1) is 15.9. The predicted molar refractivity (Wildman–Crippen MR) is 63.6 cm³/mol. The minimum Gasteiger partial charge on any atom is -0.469 e. The fraction of sp³-hybridized carbons (Fsp3) is 0.818. The van der Waals surface area contributed by atoms with E-state index in [0.29, 0.717) is 19.7 Å². The van der Waals surface area contributed by atoms with Crippen LogP contribution in [-0.2, 0) is 19.1 Å². The molecule has 0 heterocycles. The molecule has 0 aromatic carbocycles. The van der Waals surface area contributed by atoms with Crippen molar-refractivity contribution >= 4 is 11.9 Å². The fourth-order valence-corrected chi connectivity index (χ4v) is 1.42. The normalized spacial score (nSPS) is 12.3. The van der Waals surface area contributed by atoms with Gasteiger partial charge in [0.1, 0.15) is 0 Å². The molecule has 6 nitrogen and oxygen atoms in total. The molecular weight excluding hydrogens is 224 g/mol. The van der Waals surface area contributed by atoms with Crippen LogP contribution in [0.25, 0.3) is 0 Å². The summed E-state index contributed by atoms with van der Waals surface area (Å²) < 4.78 is 9.55. The number of carbonyl (C=O) groups is 2. The van der Waals surface area contributed by atoms with Gasteiger partial charge in [-0.3, -0.25) is 14.5 Å². The minimum atomic E-state index is -0.292. The van der Waals surface area contributed by atoms with Crippen LogP contribution in [0.4, 0.5) is 0 Å². The monoisotopic (exact) mass is 246 g/mol. The van der Waals surface area contributed by atoms with E-state index in [1.165, 1.54) is 7.11 Å². The summed E-state index contributed by atoms with van der Waals surface area (Å²) in [6.45, 7) is 3.39. The van der Waals surface area contributed by atoms with Crippen molar-refractivity contribution in [3.8, 4) is 0 Å². The molecule has 0 aromatic rings. The van der Waals surface area contributed by atoms with Gasteiger partial charge in [0.2, 0.25) is 5.91 Å². The smallest absolute Gasteiger partial charge is 0.306 e. The van der Waals surface area contributed by atoms with Crippen LogP contribution in [0.15, 0.2) is 0 Å². The number of nitrogens with one attached hydrogen (secondary N) is 1. The number of likely N-dealkylation sites (N-methyl/N-ethyl adjacent to an activating group) is 1. The maximum atomic E-state index is 11.5. The van der Waals surface area contributed by atoms with Crippen molar-refractivity contribution in [1.29, 1.82) is 0 Å². The SMILES string of the molecule is CNC(=O)C(C)N(CCOC)CCC(=O)OC. The van der Waals surface area contributed by atoms with Crippen LogP contribution in [0.2, 0.25) is 0 Å². The average Bonchev–Trinajstić information content (AvgIpc) is 2.36. The lowest BCUT2D eigenvalue weighted by molar-refractivity contribution is -0.141. The van der Waals surface area contributed by atoms with Gasteiger partial charge in [0.05, 0.1) is 26.2 Å². The molecule has 0 radical (unpaired) electrons. The van der Waals surface area contributed by atoms with Crippen LogP contribution >= 0.6 is 0 Å². The summed E-state index contributed by atoms with van der Waals surface area (Å²) >= 11 is 0. The van der Waals surface area contributed by atoms with Gasteiger partial charge in [-0.1, -0.05) is 0 Å². The second-order valence-corrected chi connectivity index (χ2v) is 3.65. The third-order valence-electron chi connectivity index (χ3n) is 2.59. The Morgan fingerprint density at radius 3 is 2.41 bits per heavy atom. The Balaban J connectivity index is 4.30. The van der Waals surface area contributed by atoms with E-state index in [4.69, 9.17) is 4.74 Å². The Labute approximate surface area is 102 Å². The van der Waals surface area contributed by atoms with Crippen molar-refractivity contribution in [2.75, 3.05) is 41.0 Å². The second kappa shape index (κ2) is 8.95. The molecule has 17 heavy (non-hydrogen) atoms. The lowest BCUT2D eigenvalue weighted by atomic mass is 10.2. The number of hydrogen-bond donors (Lipinski definition) is 1. The van der Waals surface area contributed by atoms with Crippen molar-refractivity contribution in [1.82, 2.24) is 10.2 Å². The molecule has 0 aliphatic carbocycles. The van der Waals surface area contributed by atoms with E-state index in [-0.39, 0.29) is 24.3 Å². The third kappa shape index (κ3) is 6.23. The van der Waals surface area contributed by atoms with Crippen LogP contribution in [0.5, 0.6) is 0 Å². The largest absolute Gasteiger partial charge is 0.469 e. The topological polar surface area (TPSA) is 67.9 Å². The van der Waals surface area contributed by atoms with Gasteiger partial charge in [0, 0.05) is 27.2 Å². The van der Waals surface area contributed by atoms with Crippen molar-refractivity contribution in [2.24, 2.45) is 0 Å². The first-order valence-corrected chi connectivity index (χ1v) is 5.58. The number of ether oxygens (including phenoxy) is 2. The second-order valence-electron chi connectivity index (χ2n) is 3.65. The van der Waals surface area contributed by atoms with Gasteiger partial charge >= 0.3 is 5.97 Å². The Morgan fingerprint density at radius 2 is 1.94 bits per heavy atom. The molecule has 0 aliphatic rings. The summed E-state index contributed by atoms with van der Waals surface area (Å²) in [5.41, 5.74) is 0. The molecule has 0 spiro atoms. The molecule has 1 amide bonds. The Hall–Kier alpha value is -1.14. The van der Waals surface area contributed by atoms with E-state index in [2.05, 4.69) is 10.1 Å². The number of hydrogen-bond acceptors (Lipinski definition) is 5. The fourth-order valence-electron chi connectivity index (χ4n) is 1.42. The van der Waals surface area contributed by atoms with E-state index in [0.717, 1.165) is 0 Å². The Bertz CT molecular complexity index is 246. The molecule has 1 N–H and O–H groups in total. The van der Waals surface area contributed by atoms with Crippen molar-refractivity contribution in [3.05, 3.63) is 0 Å². The van der Waals surface area contributed by atoms with Crippen LogP contribution < -0.4 is 5.32 Å². The first-order chi connectivity index (χ1) is 8.06. The zero-order chi connectivity index (χ0) is 13.3. The molecule has 0 fully saturated rings. The lowest BCUT2D eigenvalue weighted by Crippen LogP contribution is -2.46. The van der Waals surface area contributed by atoms with Gasteiger partial charge in [-0.25, -0.2) is 0 Å². The highest BCUT2D eigenvalue weighted by atomic mass is 16.5. The highest BCUT2D eigenvalue weighted by Gasteiger charge is 2.20. The quantitative estimate of drug-likeness (QED) is 0.592. The van der Waals surface area contributed by atoms with E-state index in [1.807, 2.05) is 4.90 Å². The van der Waals surface area contributed by atoms with Gasteiger partial charge in [-0.05, 0) is 6.92 Å². The average molecular weight is 246 g/mol. The van der Waals surface area contributed by atoms with Crippen LogP contribution in [0.1, 0.15) is 13.3 Å².